The third-order valence-electron chi connectivity index (χ3n) is 6.69. The van der Waals surface area contributed by atoms with Crippen molar-refractivity contribution in [1.82, 2.24) is 9.97 Å². The summed E-state index contributed by atoms with van der Waals surface area (Å²) in [5.74, 6) is 0.641. The lowest BCUT2D eigenvalue weighted by atomic mass is 9.86. The minimum absolute atomic E-state index is 0.0706. The lowest BCUT2D eigenvalue weighted by Crippen LogP contribution is -2.08. The Morgan fingerprint density at radius 1 is 0.487 bits per heavy atom. The fraction of sp³-hybridized carbons (Fsp3) is 0. The molecule has 0 saturated heterocycles. The Balaban J connectivity index is 1.72. The third-order valence-corrected chi connectivity index (χ3v) is 6.69. The van der Waals surface area contributed by atoms with Crippen molar-refractivity contribution in [2.45, 2.75) is 0 Å². The molecule has 0 amide bonds. The summed E-state index contributed by atoms with van der Waals surface area (Å²) >= 11 is 0. The Labute approximate surface area is 228 Å². The first-order valence-corrected chi connectivity index (χ1v) is 13.0. The van der Waals surface area contributed by atoms with Gasteiger partial charge in [0.05, 0.1) is 17.0 Å². The number of rotatable bonds is 7. The van der Waals surface area contributed by atoms with Crippen LogP contribution in [0.5, 0.6) is 0 Å². The van der Waals surface area contributed by atoms with Crippen molar-refractivity contribution in [3.63, 3.8) is 0 Å². The Kier molecular flexibility index (Phi) is 6.79. The number of Topliss-reactive ketones (excluding diaryl/α,β-unsaturated/α-hetero) is 1. The molecule has 5 aromatic carbocycles. The summed E-state index contributed by atoms with van der Waals surface area (Å²) < 4.78 is 0. The van der Waals surface area contributed by atoms with Crippen LogP contribution in [0.25, 0.3) is 33.8 Å². The summed E-state index contributed by atoms with van der Waals surface area (Å²) in [6, 6.07) is 49.7. The molecule has 0 spiro atoms. The van der Waals surface area contributed by atoms with Gasteiger partial charge < -0.3 is 4.98 Å². The summed E-state index contributed by atoms with van der Waals surface area (Å²) in [5.41, 5.74) is 7.27. The average Bonchev–Trinajstić information content (AvgIpc) is 3.47. The van der Waals surface area contributed by atoms with Crippen LogP contribution in [0.1, 0.15) is 27.2 Å². The molecule has 1 N–H and O–H groups in total. The first-order valence-electron chi connectivity index (χ1n) is 13.0. The zero-order valence-electron chi connectivity index (χ0n) is 21.3. The molecule has 0 bridgehead atoms. The maximum absolute atomic E-state index is 14.6. The van der Waals surface area contributed by atoms with Crippen LogP contribution in [-0.4, -0.2) is 15.8 Å². The number of hydrogen-bond acceptors (Lipinski definition) is 2. The zero-order valence-corrected chi connectivity index (χ0v) is 21.3. The van der Waals surface area contributed by atoms with E-state index in [9.17, 15) is 4.79 Å². The molecular weight excluding hydrogens is 476 g/mol. The molecule has 0 atom stereocenters. The van der Waals surface area contributed by atoms with Crippen LogP contribution in [0, 0.1) is 0 Å². The smallest absolute Gasteiger partial charge is 0.195 e. The number of allylic oxidation sites excluding steroid dienone is 1. The van der Waals surface area contributed by atoms with E-state index in [1.807, 2.05) is 127 Å². The highest BCUT2D eigenvalue weighted by atomic mass is 16.1. The summed E-state index contributed by atoms with van der Waals surface area (Å²) in [6.45, 7) is 0. The van der Waals surface area contributed by atoms with Crippen LogP contribution < -0.4 is 0 Å². The van der Waals surface area contributed by atoms with E-state index in [1.54, 1.807) is 0 Å². The van der Waals surface area contributed by atoms with E-state index >= 15 is 0 Å². The van der Waals surface area contributed by atoms with Gasteiger partial charge in [0.1, 0.15) is 5.82 Å². The highest BCUT2D eigenvalue weighted by Crippen LogP contribution is 2.39. The van der Waals surface area contributed by atoms with Crippen molar-refractivity contribution in [1.29, 1.82) is 0 Å². The van der Waals surface area contributed by atoms with Gasteiger partial charge in [-0.1, -0.05) is 152 Å². The van der Waals surface area contributed by atoms with E-state index in [2.05, 4.69) is 29.2 Å². The van der Waals surface area contributed by atoms with Crippen LogP contribution in [-0.2, 0) is 0 Å². The minimum atomic E-state index is -0.0706. The maximum Gasteiger partial charge on any atom is 0.195 e. The fourth-order valence-corrected chi connectivity index (χ4v) is 4.84. The van der Waals surface area contributed by atoms with Crippen LogP contribution >= 0.6 is 0 Å². The molecule has 3 nitrogen and oxygen atoms in total. The van der Waals surface area contributed by atoms with Gasteiger partial charge in [-0.3, -0.25) is 4.79 Å². The predicted octanol–water partition coefficient (Wildman–Crippen LogP) is 8.59. The number of aromatic nitrogens is 2. The molecule has 0 aliphatic rings. The number of aromatic amines is 1. The largest absolute Gasteiger partial charge is 0.337 e. The lowest BCUT2D eigenvalue weighted by molar-refractivity contribution is 0.105. The van der Waals surface area contributed by atoms with Gasteiger partial charge in [-0.15, -0.1) is 0 Å². The van der Waals surface area contributed by atoms with Crippen molar-refractivity contribution < 1.29 is 4.79 Å². The quantitative estimate of drug-likeness (QED) is 0.175. The molecule has 6 rings (SSSR count). The predicted molar refractivity (Wildman–Crippen MR) is 159 cm³/mol. The van der Waals surface area contributed by atoms with Crippen molar-refractivity contribution in [2.24, 2.45) is 0 Å². The number of benzene rings is 5. The van der Waals surface area contributed by atoms with Crippen molar-refractivity contribution >= 4 is 16.9 Å². The SMILES string of the molecule is O=C(C(=C(c1ccccc1)c1ccccc1)c1[nH]c(-c2ccccc2)nc1-c1ccccc1)c1ccccc1. The van der Waals surface area contributed by atoms with Crippen LogP contribution in [0.15, 0.2) is 152 Å². The Hall–Kier alpha value is -5.28. The average molecular weight is 503 g/mol. The van der Waals surface area contributed by atoms with E-state index in [1.165, 1.54) is 0 Å². The summed E-state index contributed by atoms with van der Waals surface area (Å²) in [4.78, 5) is 23.2. The van der Waals surface area contributed by atoms with Gasteiger partial charge in [0, 0.05) is 22.3 Å². The maximum atomic E-state index is 14.6. The molecule has 0 saturated carbocycles. The summed E-state index contributed by atoms with van der Waals surface area (Å²) in [5, 5.41) is 0. The normalized spacial score (nSPS) is 10.7. The lowest BCUT2D eigenvalue weighted by Gasteiger charge is -2.17. The monoisotopic (exact) mass is 502 g/mol. The van der Waals surface area contributed by atoms with Crippen molar-refractivity contribution in [2.75, 3.05) is 0 Å². The van der Waals surface area contributed by atoms with Crippen molar-refractivity contribution in [3.05, 3.63) is 174 Å². The third kappa shape index (κ3) is 4.98. The zero-order chi connectivity index (χ0) is 26.4. The second-order valence-corrected chi connectivity index (χ2v) is 9.22. The highest BCUT2D eigenvalue weighted by molar-refractivity contribution is 6.36. The standard InChI is InChI=1S/C36H26N2O/c39-35(29-22-12-4-13-23-29)32(31(26-16-6-1-7-17-26)27-18-8-2-9-19-27)34-33(28-20-10-3-11-21-28)37-36(38-34)30-24-14-5-15-25-30/h1-25H,(H,37,38). The fourth-order valence-electron chi connectivity index (χ4n) is 4.84. The number of nitrogens with one attached hydrogen (secondary N) is 1. The number of carbonyl (C=O) groups excluding carboxylic acids is 1. The van der Waals surface area contributed by atoms with Crippen molar-refractivity contribution in [3.8, 4) is 22.6 Å². The van der Waals surface area contributed by atoms with Gasteiger partial charge >= 0.3 is 0 Å². The van der Waals surface area contributed by atoms with Gasteiger partial charge in [0.15, 0.2) is 5.78 Å². The number of nitrogens with zero attached hydrogens (tertiary/aromatic N) is 1. The second kappa shape index (κ2) is 11.0. The molecule has 0 aliphatic heterocycles. The Morgan fingerprint density at radius 2 is 0.897 bits per heavy atom. The number of ketones is 1. The molecule has 39 heavy (non-hydrogen) atoms. The first kappa shape index (κ1) is 24.1. The van der Waals surface area contributed by atoms with Crippen LogP contribution in [0.3, 0.4) is 0 Å². The molecule has 0 aliphatic carbocycles. The highest BCUT2D eigenvalue weighted by Gasteiger charge is 2.27. The van der Waals surface area contributed by atoms with Gasteiger partial charge in [-0.05, 0) is 11.1 Å². The summed E-state index contributed by atoms with van der Waals surface area (Å²) in [6.07, 6.45) is 0. The van der Waals surface area contributed by atoms with E-state index < -0.39 is 0 Å². The minimum Gasteiger partial charge on any atom is -0.337 e. The van der Waals surface area contributed by atoms with Crippen LogP contribution in [0.2, 0.25) is 0 Å². The second-order valence-electron chi connectivity index (χ2n) is 9.22. The first-order chi connectivity index (χ1) is 19.3. The van der Waals surface area contributed by atoms with E-state index in [0.717, 1.165) is 33.5 Å². The van der Waals surface area contributed by atoms with Gasteiger partial charge in [-0.25, -0.2) is 4.98 Å². The number of imidazole rings is 1. The number of carbonyl (C=O) groups is 1. The molecule has 0 radical (unpaired) electrons. The molecule has 3 heteroatoms. The molecular formula is C36H26N2O. The van der Waals surface area contributed by atoms with Gasteiger partial charge in [0.2, 0.25) is 0 Å². The Bertz CT molecular complexity index is 1680. The number of hydrogen-bond donors (Lipinski definition) is 1. The molecule has 1 heterocycles. The molecule has 0 fully saturated rings. The van der Waals surface area contributed by atoms with E-state index in [4.69, 9.17) is 4.98 Å². The summed E-state index contributed by atoms with van der Waals surface area (Å²) in [7, 11) is 0. The van der Waals surface area contributed by atoms with E-state index in [0.29, 0.717) is 22.7 Å². The number of H-pyrrole nitrogens is 1. The molecule has 6 aromatic rings. The van der Waals surface area contributed by atoms with Crippen LogP contribution in [0.4, 0.5) is 0 Å². The van der Waals surface area contributed by atoms with E-state index in [-0.39, 0.29) is 5.78 Å². The topological polar surface area (TPSA) is 45.8 Å². The molecule has 0 unspecified atom stereocenters. The molecule has 186 valence electrons. The Morgan fingerprint density at radius 3 is 1.38 bits per heavy atom. The van der Waals surface area contributed by atoms with Gasteiger partial charge in [0.25, 0.3) is 0 Å². The van der Waals surface area contributed by atoms with Gasteiger partial charge in [-0.2, -0.15) is 0 Å². The molecule has 1 aromatic heterocycles.